The van der Waals surface area contributed by atoms with Gasteiger partial charge in [-0.25, -0.2) is 0 Å². The normalized spacial score (nSPS) is 17.6. The molecule has 17 heavy (non-hydrogen) atoms. The molecular weight excluding hydrogens is 234 g/mol. The molecule has 1 aliphatic carbocycles. The number of methoxy groups -OCH3 is 1. The van der Waals surface area contributed by atoms with Crippen molar-refractivity contribution in [3.63, 3.8) is 0 Å². The second kappa shape index (κ2) is 4.87. The van der Waals surface area contributed by atoms with E-state index in [-0.39, 0.29) is 5.41 Å². The number of ether oxygens (including phenoxy) is 1. The smallest absolute Gasteiger partial charge is 0.125 e. The Kier molecular flexibility index (Phi) is 3.64. The number of hydrogen-bond donors (Lipinski definition) is 1. The van der Waals surface area contributed by atoms with Gasteiger partial charge in [-0.15, -0.1) is 0 Å². The molecule has 1 fully saturated rings. The van der Waals surface area contributed by atoms with Crippen LogP contribution in [0.15, 0.2) is 12.1 Å². The van der Waals surface area contributed by atoms with E-state index in [1.54, 1.807) is 7.11 Å². The first-order valence-electron chi connectivity index (χ1n) is 6.13. The Morgan fingerprint density at radius 3 is 2.59 bits per heavy atom. The highest BCUT2D eigenvalue weighted by Gasteiger charge is 2.36. The van der Waals surface area contributed by atoms with E-state index in [1.165, 1.54) is 24.8 Å². The lowest BCUT2D eigenvalue weighted by Crippen LogP contribution is -2.39. The maximum Gasteiger partial charge on any atom is 0.125 e. The van der Waals surface area contributed by atoms with Crippen molar-refractivity contribution >= 4 is 11.6 Å². The predicted molar refractivity (Wildman–Crippen MR) is 71.8 cm³/mol. The highest BCUT2D eigenvalue weighted by atomic mass is 35.5. The van der Waals surface area contributed by atoms with Gasteiger partial charge in [-0.2, -0.15) is 0 Å². The summed E-state index contributed by atoms with van der Waals surface area (Å²) < 4.78 is 5.49. The van der Waals surface area contributed by atoms with Crippen LogP contribution in [0.2, 0.25) is 5.02 Å². The molecule has 1 aromatic carbocycles. The largest absolute Gasteiger partial charge is 0.496 e. The SMILES string of the molecule is COc1c(C)cc(Cl)cc1CC1(CN)CCC1. The van der Waals surface area contributed by atoms with Crippen molar-refractivity contribution in [2.45, 2.75) is 32.6 Å². The van der Waals surface area contributed by atoms with Gasteiger partial charge in [0.25, 0.3) is 0 Å². The van der Waals surface area contributed by atoms with E-state index in [4.69, 9.17) is 22.1 Å². The van der Waals surface area contributed by atoms with Gasteiger partial charge in [0, 0.05) is 5.02 Å². The number of rotatable bonds is 4. The molecule has 1 saturated carbocycles. The molecule has 0 heterocycles. The molecule has 2 rings (SSSR count). The average molecular weight is 254 g/mol. The average Bonchev–Trinajstić information content (AvgIpc) is 2.23. The van der Waals surface area contributed by atoms with Crippen molar-refractivity contribution in [3.8, 4) is 5.75 Å². The van der Waals surface area contributed by atoms with E-state index >= 15 is 0 Å². The van der Waals surface area contributed by atoms with Crippen LogP contribution in [0.25, 0.3) is 0 Å². The van der Waals surface area contributed by atoms with Gasteiger partial charge < -0.3 is 10.5 Å². The Bertz CT molecular complexity index is 407. The van der Waals surface area contributed by atoms with E-state index in [2.05, 4.69) is 0 Å². The summed E-state index contributed by atoms with van der Waals surface area (Å²) in [6, 6.07) is 3.96. The summed E-state index contributed by atoms with van der Waals surface area (Å²) >= 11 is 6.13. The lowest BCUT2D eigenvalue weighted by atomic mass is 9.65. The van der Waals surface area contributed by atoms with E-state index in [0.717, 1.165) is 29.3 Å². The zero-order chi connectivity index (χ0) is 12.5. The maximum absolute atomic E-state index is 6.13. The summed E-state index contributed by atoms with van der Waals surface area (Å²) in [7, 11) is 1.72. The summed E-state index contributed by atoms with van der Waals surface area (Å²) in [6.45, 7) is 2.78. The summed E-state index contributed by atoms with van der Waals surface area (Å²) in [5, 5.41) is 0.782. The predicted octanol–water partition coefficient (Wildman–Crippen LogP) is 3.33. The van der Waals surface area contributed by atoms with Gasteiger partial charge in [0.05, 0.1) is 7.11 Å². The van der Waals surface area contributed by atoms with Gasteiger partial charge in [-0.1, -0.05) is 18.0 Å². The highest BCUT2D eigenvalue weighted by molar-refractivity contribution is 6.30. The van der Waals surface area contributed by atoms with Crippen LogP contribution in [0.1, 0.15) is 30.4 Å². The molecule has 0 aromatic heterocycles. The molecule has 0 atom stereocenters. The molecule has 0 aliphatic heterocycles. The van der Waals surface area contributed by atoms with Gasteiger partial charge in [0.15, 0.2) is 0 Å². The van der Waals surface area contributed by atoms with Crippen LogP contribution in [-0.4, -0.2) is 13.7 Å². The van der Waals surface area contributed by atoms with Crippen LogP contribution < -0.4 is 10.5 Å². The van der Waals surface area contributed by atoms with Crippen molar-refractivity contribution in [1.29, 1.82) is 0 Å². The molecule has 1 aromatic rings. The Morgan fingerprint density at radius 2 is 2.12 bits per heavy atom. The lowest BCUT2D eigenvalue weighted by Gasteiger charge is -2.41. The van der Waals surface area contributed by atoms with Gasteiger partial charge in [-0.3, -0.25) is 0 Å². The molecule has 2 N–H and O–H groups in total. The molecule has 0 bridgehead atoms. The van der Waals surface area contributed by atoms with Crippen LogP contribution in [0, 0.1) is 12.3 Å². The fraction of sp³-hybridized carbons (Fsp3) is 0.571. The van der Waals surface area contributed by atoms with E-state index in [9.17, 15) is 0 Å². The van der Waals surface area contributed by atoms with Crippen molar-refractivity contribution < 1.29 is 4.74 Å². The fourth-order valence-electron chi connectivity index (χ4n) is 2.76. The Hall–Kier alpha value is -0.730. The molecular formula is C14H20ClNO. The van der Waals surface area contributed by atoms with E-state index < -0.39 is 0 Å². The van der Waals surface area contributed by atoms with Crippen LogP contribution in [-0.2, 0) is 6.42 Å². The van der Waals surface area contributed by atoms with Crippen LogP contribution >= 0.6 is 11.6 Å². The third-order valence-corrected chi connectivity index (χ3v) is 4.15. The third kappa shape index (κ3) is 2.43. The Labute approximate surface area is 108 Å². The molecule has 1 aliphatic rings. The Morgan fingerprint density at radius 1 is 1.41 bits per heavy atom. The summed E-state index contributed by atoms with van der Waals surface area (Å²) in [5.41, 5.74) is 8.49. The highest BCUT2D eigenvalue weighted by Crippen LogP contribution is 2.44. The summed E-state index contributed by atoms with van der Waals surface area (Å²) in [6.07, 6.45) is 4.71. The second-order valence-corrected chi connectivity index (χ2v) is 5.59. The van der Waals surface area contributed by atoms with Crippen LogP contribution in [0.4, 0.5) is 0 Å². The topological polar surface area (TPSA) is 35.2 Å². The zero-order valence-electron chi connectivity index (χ0n) is 10.6. The monoisotopic (exact) mass is 253 g/mol. The van der Waals surface area contributed by atoms with Gasteiger partial charge in [0.2, 0.25) is 0 Å². The third-order valence-electron chi connectivity index (χ3n) is 3.93. The van der Waals surface area contributed by atoms with Gasteiger partial charge in [-0.05, 0) is 61.4 Å². The number of aryl methyl sites for hydroxylation is 1. The summed E-state index contributed by atoms with van der Waals surface area (Å²) in [5.74, 6) is 0.967. The van der Waals surface area contributed by atoms with Crippen LogP contribution in [0.3, 0.4) is 0 Å². The molecule has 3 heteroatoms. The molecule has 0 unspecified atom stereocenters. The molecule has 0 radical (unpaired) electrons. The van der Waals surface area contributed by atoms with Crippen molar-refractivity contribution in [2.75, 3.05) is 13.7 Å². The second-order valence-electron chi connectivity index (χ2n) is 5.15. The first-order chi connectivity index (χ1) is 8.10. The number of hydrogen-bond acceptors (Lipinski definition) is 2. The standard InChI is InChI=1S/C14H20ClNO/c1-10-6-12(15)7-11(13(10)17-2)8-14(9-16)4-3-5-14/h6-7H,3-5,8-9,16H2,1-2H3. The molecule has 2 nitrogen and oxygen atoms in total. The van der Waals surface area contributed by atoms with E-state index in [1.807, 2.05) is 19.1 Å². The minimum absolute atomic E-state index is 0.282. The van der Waals surface area contributed by atoms with Crippen LogP contribution in [0.5, 0.6) is 5.75 Å². The fourth-order valence-corrected chi connectivity index (χ4v) is 3.05. The zero-order valence-corrected chi connectivity index (χ0v) is 11.3. The number of benzene rings is 1. The van der Waals surface area contributed by atoms with Gasteiger partial charge >= 0.3 is 0 Å². The number of halogens is 1. The summed E-state index contributed by atoms with van der Waals surface area (Å²) in [4.78, 5) is 0. The van der Waals surface area contributed by atoms with E-state index in [0.29, 0.717) is 0 Å². The molecule has 0 spiro atoms. The minimum atomic E-state index is 0.282. The quantitative estimate of drug-likeness (QED) is 0.893. The molecule has 0 saturated heterocycles. The van der Waals surface area contributed by atoms with Crippen molar-refractivity contribution in [3.05, 3.63) is 28.3 Å². The van der Waals surface area contributed by atoms with Gasteiger partial charge in [0.1, 0.15) is 5.75 Å². The minimum Gasteiger partial charge on any atom is -0.496 e. The maximum atomic E-state index is 6.13. The Balaban J connectivity index is 2.31. The molecule has 94 valence electrons. The number of nitrogens with two attached hydrogens (primary N) is 1. The first kappa shape index (κ1) is 12.7. The lowest BCUT2D eigenvalue weighted by molar-refractivity contribution is 0.143. The first-order valence-corrected chi connectivity index (χ1v) is 6.51. The molecule has 0 amide bonds. The van der Waals surface area contributed by atoms with Crippen molar-refractivity contribution in [2.24, 2.45) is 11.1 Å². The van der Waals surface area contributed by atoms with Crippen molar-refractivity contribution in [1.82, 2.24) is 0 Å².